The van der Waals surface area contributed by atoms with Gasteiger partial charge in [0, 0.05) is 29.5 Å². The minimum absolute atomic E-state index is 0.166. The number of H-pyrrole nitrogens is 1. The molecule has 1 aliphatic rings. The molecule has 0 fully saturated rings. The van der Waals surface area contributed by atoms with Gasteiger partial charge in [0.2, 0.25) is 0 Å². The standard InChI is InChI=1S/C20H21N3O3/c1-3-25-17-9-13-8-12(2)26-18(13)10-14(17)11-21-20(24)19-15-6-4-5-7-16(15)22-23-19/h4-7,9-10,12H,3,8,11H2,1-2H3,(H,21,24)(H,22,23)/t12-/m1/s1. The van der Waals surface area contributed by atoms with Gasteiger partial charge in [-0.1, -0.05) is 18.2 Å². The molecule has 134 valence electrons. The van der Waals surface area contributed by atoms with E-state index in [1.165, 1.54) is 0 Å². The number of carbonyl (C=O) groups excluding carboxylic acids is 1. The number of aromatic amines is 1. The molecule has 6 nitrogen and oxygen atoms in total. The van der Waals surface area contributed by atoms with Crippen molar-refractivity contribution in [1.82, 2.24) is 15.5 Å². The van der Waals surface area contributed by atoms with Crippen LogP contribution in [0.15, 0.2) is 36.4 Å². The second-order valence-corrected chi connectivity index (χ2v) is 6.43. The third kappa shape index (κ3) is 2.98. The highest BCUT2D eigenvalue weighted by Crippen LogP contribution is 2.35. The average molecular weight is 351 g/mol. The summed E-state index contributed by atoms with van der Waals surface area (Å²) >= 11 is 0. The first-order valence-corrected chi connectivity index (χ1v) is 8.82. The van der Waals surface area contributed by atoms with Gasteiger partial charge in [-0.25, -0.2) is 0 Å². The number of hydrogen-bond acceptors (Lipinski definition) is 4. The van der Waals surface area contributed by atoms with Crippen LogP contribution in [-0.4, -0.2) is 28.8 Å². The Labute approximate surface area is 151 Å². The zero-order valence-corrected chi connectivity index (χ0v) is 14.8. The molecule has 0 saturated carbocycles. The van der Waals surface area contributed by atoms with Crippen molar-refractivity contribution in [3.63, 3.8) is 0 Å². The summed E-state index contributed by atoms with van der Waals surface area (Å²) in [5.74, 6) is 1.44. The highest BCUT2D eigenvalue weighted by molar-refractivity contribution is 6.04. The van der Waals surface area contributed by atoms with Crippen LogP contribution in [0.1, 0.15) is 35.5 Å². The second kappa shape index (κ2) is 6.71. The molecule has 0 saturated heterocycles. The Morgan fingerprint density at radius 1 is 1.38 bits per heavy atom. The molecule has 1 atom stereocenters. The van der Waals surface area contributed by atoms with E-state index < -0.39 is 0 Å². The maximum atomic E-state index is 12.6. The average Bonchev–Trinajstić information content (AvgIpc) is 3.22. The van der Waals surface area contributed by atoms with Crippen LogP contribution in [0.4, 0.5) is 0 Å². The summed E-state index contributed by atoms with van der Waals surface area (Å²) in [4.78, 5) is 12.6. The number of ether oxygens (including phenoxy) is 2. The molecule has 1 amide bonds. The lowest BCUT2D eigenvalue weighted by Gasteiger charge is -2.13. The first kappa shape index (κ1) is 16.4. The van der Waals surface area contributed by atoms with Gasteiger partial charge in [-0.3, -0.25) is 9.89 Å². The Bertz CT molecular complexity index is 964. The largest absolute Gasteiger partial charge is 0.494 e. The Balaban J connectivity index is 1.55. The number of para-hydroxylation sites is 1. The fourth-order valence-electron chi connectivity index (χ4n) is 3.31. The van der Waals surface area contributed by atoms with Gasteiger partial charge in [-0.2, -0.15) is 5.10 Å². The zero-order valence-electron chi connectivity index (χ0n) is 14.8. The van der Waals surface area contributed by atoms with Crippen LogP contribution in [0.25, 0.3) is 10.9 Å². The fraction of sp³-hybridized carbons (Fsp3) is 0.300. The highest BCUT2D eigenvalue weighted by Gasteiger charge is 2.22. The van der Waals surface area contributed by atoms with E-state index in [1.54, 1.807) is 0 Å². The van der Waals surface area contributed by atoms with Crippen molar-refractivity contribution in [2.45, 2.75) is 32.9 Å². The van der Waals surface area contributed by atoms with E-state index in [0.717, 1.165) is 39.9 Å². The van der Waals surface area contributed by atoms with Crippen LogP contribution in [0, 0.1) is 0 Å². The lowest BCUT2D eigenvalue weighted by atomic mass is 10.1. The van der Waals surface area contributed by atoms with Gasteiger partial charge in [0.05, 0.1) is 12.1 Å². The van der Waals surface area contributed by atoms with Gasteiger partial charge in [-0.15, -0.1) is 0 Å². The Kier molecular flexibility index (Phi) is 4.24. The van der Waals surface area contributed by atoms with Crippen molar-refractivity contribution in [2.75, 3.05) is 6.61 Å². The molecule has 0 radical (unpaired) electrons. The molecule has 2 aromatic carbocycles. The van der Waals surface area contributed by atoms with E-state index in [1.807, 2.05) is 50.2 Å². The monoisotopic (exact) mass is 351 g/mol. The number of fused-ring (bicyclic) bond motifs is 2. The van der Waals surface area contributed by atoms with Crippen LogP contribution in [0.5, 0.6) is 11.5 Å². The number of rotatable bonds is 5. The molecule has 2 heterocycles. The Morgan fingerprint density at radius 3 is 3.08 bits per heavy atom. The molecule has 6 heteroatoms. The van der Waals surface area contributed by atoms with Crippen molar-refractivity contribution in [1.29, 1.82) is 0 Å². The van der Waals surface area contributed by atoms with E-state index in [2.05, 4.69) is 15.5 Å². The molecule has 1 aliphatic heterocycles. The van der Waals surface area contributed by atoms with Gasteiger partial charge in [0.25, 0.3) is 5.91 Å². The molecule has 0 aliphatic carbocycles. The summed E-state index contributed by atoms with van der Waals surface area (Å²) in [6.07, 6.45) is 1.04. The van der Waals surface area contributed by atoms with Crippen LogP contribution in [0.2, 0.25) is 0 Å². The zero-order chi connectivity index (χ0) is 18.1. The van der Waals surface area contributed by atoms with E-state index in [-0.39, 0.29) is 12.0 Å². The molecule has 3 aromatic rings. The van der Waals surface area contributed by atoms with Crippen molar-refractivity contribution < 1.29 is 14.3 Å². The molecular formula is C20H21N3O3. The molecule has 1 aromatic heterocycles. The summed E-state index contributed by atoms with van der Waals surface area (Å²) < 4.78 is 11.6. The number of amides is 1. The third-order valence-corrected chi connectivity index (χ3v) is 4.50. The quantitative estimate of drug-likeness (QED) is 0.740. The third-order valence-electron chi connectivity index (χ3n) is 4.50. The second-order valence-electron chi connectivity index (χ2n) is 6.43. The molecule has 0 unspecified atom stereocenters. The minimum atomic E-state index is -0.223. The Morgan fingerprint density at radius 2 is 2.23 bits per heavy atom. The fourth-order valence-corrected chi connectivity index (χ4v) is 3.31. The normalized spacial score (nSPS) is 15.5. The maximum Gasteiger partial charge on any atom is 0.272 e. The van der Waals surface area contributed by atoms with Crippen LogP contribution < -0.4 is 14.8 Å². The van der Waals surface area contributed by atoms with Crippen LogP contribution >= 0.6 is 0 Å². The number of benzene rings is 2. The first-order chi connectivity index (χ1) is 12.7. The van der Waals surface area contributed by atoms with E-state index in [9.17, 15) is 4.79 Å². The summed E-state index contributed by atoms with van der Waals surface area (Å²) in [5, 5.41) is 10.8. The summed E-state index contributed by atoms with van der Waals surface area (Å²) in [7, 11) is 0. The maximum absolute atomic E-state index is 12.6. The molecule has 0 bridgehead atoms. The molecule has 26 heavy (non-hydrogen) atoms. The predicted molar refractivity (Wildman–Crippen MR) is 98.7 cm³/mol. The molecule has 4 rings (SSSR count). The first-order valence-electron chi connectivity index (χ1n) is 8.82. The number of aromatic nitrogens is 2. The SMILES string of the molecule is CCOc1cc2c(cc1CNC(=O)c1n[nH]c3ccccc13)O[C@H](C)C2. The van der Waals surface area contributed by atoms with E-state index in [0.29, 0.717) is 18.8 Å². The number of hydrogen-bond donors (Lipinski definition) is 2. The topological polar surface area (TPSA) is 76.2 Å². The predicted octanol–water partition coefficient (Wildman–Crippen LogP) is 3.22. The van der Waals surface area contributed by atoms with Crippen molar-refractivity contribution in [3.8, 4) is 11.5 Å². The molecular weight excluding hydrogens is 330 g/mol. The van der Waals surface area contributed by atoms with Crippen LogP contribution in [-0.2, 0) is 13.0 Å². The van der Waals surface area contributed by atoms with E-state index in [4.69, 9.17) is 9.47 Å². The van der Waals surface area contributed by atoms with Crippen molar-refractivity contribution in [3.05, 3.63) is 53.2 Å². The lowest BCUT2D eigenvalue weighted by molar-refractivity contribution is 0.0947. The molecule has 0 spiro atoms. The summed E-state index contributed by atoms with van der Waals surface area (Å²) in [6.45, 7) is 4.91. The van der Waals surface area contributed by atoms with Gasteiger partial charge >= 0.3 is 0 Å². The van der Waals surface area contributed by atoms with Gasteiger partial charge in [0.1, 0.15) is 17.6 Å². The Hall–Kier alpha value is -3.02. The molecule has 2 N–H and O–H groups in total. The van der Waals surface area contributed by atoms with Crippen LogP contribution in [0.3, 0.4) is 0 Å². The lowest BCUT2D eigenvalue weighted by Crippen LogP contribution is -2.23. The minimum Gasteiger partial charge on any atom is -0.494 e. The van der Waals surface area contributed by atoms with E-state index >= 15 is 0 Å². The van der Waals surface area contributed by atoms with Gasteiger partial charge < -0.3 is 14.8 Å². The number of carbonyl (C=O) groups is 1. The summed E-state index contributed by atoms with van der Waals surface area (Å²) in [6, 6.07) is 11.6. The van der Waals surface area contributed by atoms with Crippen molar-refractivity contribution >= 4 is 16.8 Å². The van der Waals surface area contributed by atoms with Gasteiger partial charge in [0.15, 0.2) is 5.69 Å². The van der Waals surface area contributed by atoms with Gasteiger partial charge in [-0.05, 0) is 32.0 Å². The summed E-state index contributed by atoms with van der Waals surface area (Å²) in [5.41, 5.74) is 3.28. The van der Waals surface area contributed by atoms with Crippen molar-refractivity contribution in [2.24, 2.45) is 0 Å². The smallest absolute Gasteiger partial charge is 0.272 e. The highest BCUT2D eigenvalue weighted by atomic mass is 16.5. The number of nitrogens with zero attached hydrogens (tertiary/aromatic N) is 1. The number of nitrogens with one attached hydrogen (secondary N) is 2.